The summed E-state index contributed by atoms with van der Waals surface area (Å²) in [6.07, 6.45) is -3.42. The molecular weight excluding hydrogens is 521 g/mol. The van der Waals surface area contributed by atoms with E-state index in [4.69, 9.17) is 4.52 Å². The third-order valence-corrected chi connectivity index (χ3v) is 6.53. The molecule has 39 heavy (non-hydrogen) atoms. The lowest BCUT2D eigenvalue weighted by Crippen LogP contribution is -2.34. The molecule has 3 heterocycles. The van der Waals surface area contributed by atoms with Crippen molar-refractivity contribution in [1.82, 2.24) is 20.4 Å². The van der Waals surface area contributed by atoms with Crippen molar-refractivity contribution < 1.29 is 32.1 Å². The van der Waals surface area contributed by atoms with Crippen molar-refractivity contribution in [1.29, 1.82) is 0 Å². The van der Waals surface area contributed by atoms with Crippen molar-refractivity contribution in [3.63, 3.8) is 0 Å². The number of halogens is 3. The van der Waals surface area contributed by atoms with Crippen molar-refractivity contribution in [2.45, 2.75) is 31.5 Å². The Balaban J connectivity index is 1.16. The second-order valence-electron chi connectivity index (χ2n) is 8.99. The number of amides is 1. The topological polar surface area (TPSA) is 139 Å². The average molecular weight is 544 g/mol. The molecule has 11 nitrogen and oxygen atoms in total. The minimum Gasteiger partial charge on any atom is -0.405 e. The first kappa shape index (κ1) is 26.0. The van der Waals surface area contributed by atoms with E-state index in [2.05, 4.69) is 25.2 Å². The van der Waals surface area contributed by atoms with Gasteiger partial charge >= 0.3 is 12.0 Å². The smallest absolute Gasteiger partial charge is 0.405 e. The largest absolute Gasteiger partial charge is 0.573 e. The number of nitrogens with one attached hydrogen (secondary N) is 2. The van der Waals surface area contributed by atoms with Gasteiger partial charge in [0, 0.05) is 26.1 Å². The number of nitrogens with zero attached hydrogens (tertiary/aromatic N) is 4. The van der Waals surface area contributed by atoms with Gasteiger partial charge in [-0.2, -0.15) is 4.98 Å². The number of carbonyl (C=O) groups excluding carboxylic acids is 1. The van der Waals surface area contributed by atoms with E-state index in [-0.39, 0.29) is 41.9 Å². The zero-order valence-electron chi connectivity index (χ0n) is 20.4. The summed E-state index contributed by atoms with van der Waals surface area (Å²) in [6, 6.07) is 12.7. The molecule has 1 amide bonds. The third kappa shape index (κ3) is 5.78. The highest BCUT2D eigenvalue weighted by atomic mass is 19.4. The second-order valence-corrected chi connectivity index (χ2v) is 8.99. The van der Waals surface area contributed by atoms with Gasteiger partial charge in [0.25, 0.3) is 11.9 Å². The van der Waals surface area contributed by atoms with Crippen LogP contribution < -0.4 is 15.0 Å². The van der Waals surface area contributed by atoms with Crippen LogP contribution in [-0.4, -0.2) is 52.0 Å². The summed E-state index contributed by atoms with van der Waals surface area (Å²) < 4.78 is 47.8. The molecule has 0 saturated carbocycles. The normalized spacial score (nSPS) is 14.5. The molecule has 0 radical (unpaired) electrons. The van der Waals surface area contributed by atoms with Gasteiger partial charge in [0.15, 0.2) is 5.69 Å². The number of piperidine rings is 1. The molecule has 1 fully saturated rings. The Bertz CT molecular complexity index is 1490. The molecule has 0 unspecified atom stereocenters. The Kier molecular flexibility index (Phi) is 7.09. The number of aromatic amines is 1. The molecule has 4 aromatic rings. The fourth-order valence-corrected chi connectivity index (χ4v) is 4.75. The number of para-hydroxylation sites is 2. The number of anilines is 1. The first-order valence-corrected chi connectivity index (χ1v) is 12.1. The van der Waals surface area contributed by atoms with Crippen LogP contribution in [0.15, 0.2) is 53.1 Å². The number of hydrogen-bond donors (Lipinski definition) is 2. The number of fused-ring (bicyclic) bond motifs is 1. The highest BCUT2D eigenvalue weighted by molar-refractivity contribution is 6.05. The van der Waals surface area contributed by atoms with E-state index in [1.54, 1.807) is 36.4 Å². The maximum Gasteiger partial charge on any atom is 0.573 e. The van der Waals surface area contributed by atoms with Crippen LogP contribution >= 0.6 is 0 Å². The number of benzene rings is 2. The minimum atomic E-state index is -4.76. The van der Waals surface area contributed by atoms with Crippen molar-refractivity contribution in [2.24, 2.45) is 0 Å². The SMILES string of the molecule is O=C(NCCc1nc(N2CCC(c3ccccc3OC(F)(F)F)CC2)no1)c1[nH]c2ccccc2c1[N+](=O)[O-]. The summed E-state index contributed by atoms with van der Waals surface area (Å²) in [5, 5.41) is 18.5. The number of ether oxygens (including phenoxy) is 1. The van der Waals surface area contributed by atoms with Gasteiger partial charge in [-0.05, 0) is 47.7 Å². The number of H-pyrrole nitrogens is 1. The molecule has 1 aliphatic rings. The summed E-state index contributed by atoms with van der Waals surface area (Å²) in [5.41, 5.74) is 0.557. The fraction of sp³-hybridized carbons (Fsp3) is 0.320. The van der Waals surface area contributed by atoms with Crippen molar-refractivity contribution >= 4 is 28.4 Å². The zero-order chi connectivity index (χ0) is 27.6. The number of rotatable bonds is 8. The molecule has 5 rings (SSSR count). The Labute approximate surface area is 219 Å². The molecule has 0 bridgehead atoms. The van der Waals surface area contributed by atoms with Gasteiger partial charge < -0.3 is 24.5 Å². The molecule has 2 N–H and O–H groups in total. The quantitative estimate of drug-likeness (QED) is 0.240. The Morgan fingerprint density at radius 1 is 1.18 bits per heavy atom. The highest BCUT2D eigenvalue weighted by Gasteiger charge is 2.34. The van der Waals surface area contributed by atoms with E-state index in [0.717, 1.165) is 0 Å². The van der Waals surface area contributed by atoms with Gasteiger partial charge in [-0.3, -0.25) is 14.9 Å². The lowest BCUT2D eigenvalue weighted by Gasteiger charge is -2.31. The number of hydrogen-bond acceptors (Lipinski definition) is 8. The standard InChI is InChI=1S/C25H23F3N6O5/c26-25(27,28)38-19-8-4-2-5-16(19)15-10-13-33(14-11-15)24-31-20(39-32-24)9-12-29-23(35)21-22(34(36)37)17-6-1-3-7-18(17)30-21/h1-8,15,30H,9-14H2,(H,29,35). The van der Waals surface area contributed by atoms with Gasteiger partial charge in [0.1, 0.15) is 5.75 Å². The zero-order valence-corrected chi connectivity index (χ0v) is 20.4. The monoisotopic (exact) mass is 544 g/mol. The first-order valence-electron chi connectivity index (χ1n) is 12.1. The number of alkyl halides is 3. The van der Waals surface area contributed by atoms with Gasteiger partial charge in [-0.15, -0.1) is 13.2 Å². The lowest BCUT2D eigenvalue weighted by atomic mass is 9.89. The third-order valence-electron chi connectivity index (χ3n) is 6.53. The van der Waals surface area contributed by atoms with Gasteiger partial charge in [-0.25, -0.2) is 0 Å². The predicted octanol–water partition coefficient (Wildman–Crippen LogP) is 4.71. The number of nitro groups is 1. The summed E-state index contributed by atoms with van der Waals surface area (Å²) >= 11 is 0. The van der Waals surface area contributed by atoms with Crippen molar-refractivity contribution in [3.05, 3.63) is 75.8 Å². The molecule has 1 saturated heterocycles. The van der Waals surface area contributed by atoms with Crippen LogP contribution in [0.2, 0.25) is 0 Å². The second kappa shape index (κ2) is 10.6. The number of carbonyl (C=O) groups is 1. The van der Waals surface area contributed by atoms with Crippen molar-refractivity contribution in [3.8, 4) is 5.75 Å². The van der Waals surface area contributed by atoms with Crippen LogP contribution in [-0.2, 0) is 6.42 Å². The van der Waals surface area contributed by atoms with E-state index in [0.29, 0.717) is 48.3 Å². The maximum absolute atomic E-state index is 12.8. The van der Waals surface area contributed by atoms with Gasteiger partial charge in [0.2, 0.25) is 5.89 Å². The van der Waals surface area contributed by atoms with E-state index in [9.17, 15) is 28.1 Å². The molecule has 1 aliphatic heterocycles. The first-order chi connectivity index (χ1) is 18.7. The van der Waals surface area contributed by atoms with E-state index >= 15 is 0 Å². The summed E-state index contributed by atoms with van der Waals surface area (Å²) in [7, 11) is 0. The molecule has 0 atom stereocenters. The Morgan fingerprint density at radius 2 is 1.90 bits per heavy atom. The van der Waals surface area contributed by atoms with E-state index in [1.165, 1.54) is 12.1 Å². The lowest BCUT2D eigenvalue weighted by molar-refractivity contribution is -0.383. The summed E-state index contributed by atoms with van der Waals surface area (Å²) in [4.78, 5) is 32.6. The van der Waals surface area contributed by atoms with Crippen LogP contribution in [0.5, 0.6) is 5.75 Å². The van der Waals surface area contributed by atoms with Crippen LogP contribution in [0.25, 0.3) is 10.9 Å². The minimum absolute atomic E-state index is 0.102. The number of aromatic nitrogens is 3. The van der Waals surface area contributed by atoms with Crippen LogP contribution in [0, 0.1) is 10.1 Å². The molecule has 14 heteroatoms. The van der Waals surface area contributed by atoms with Crippen LogP contribution in [0.4, 0.5) is 24.8 Å². The van der Waals surface area contributed by atoms with Crippen molar-refractivity contribution in [2.75, 3.05) is 24.5 Å². The fourth-order valence-electron chi connectivity index (χ4n) is 4.75. The van der Waals surface area contributed by atoms with Gasteiger partial charge in [0.05, 0.1) is 15.8 Å². The van der Waals surface area contributed by atoms with E-state index < -0.39 is 17.2 Å². The molecule has 2 aromatic carbocycles. The van der Waals surface area contributed by atoms with E-state index in [1.807, 2.05) is 4.90 Å². The summed E-state index contributed by atoms with van der Waals surface area (Å²) in [5.74, 6) is -0.321. The molecule has 204 valence electrons. The average Bonchev–Trinajstić information content (AvgIpc) is 3.53. The van der Waals surface area contributed by atoms with Crippen LogP contribution in [0.3, 0.4) is 0 Å². The molecule has 0 spiro atoms. The Morgan fingerprint density at radius 3 is 2.64 bits per heavy atom. The molecular formula is C25H23F3N6O5. The van der Waals surface area contributed by atoms with Crippen LogP contribution in [0.1, 0.15) is 40.7 Å². The Hall–Kier alpha value is -4.62. The molecule has 0 aliphatic carbocycles. The summed E-state index contributed by atoms with van der Waals surface area (Å²) in [6.45, 7) is 1.11. The highest BCUT2D eigenvalue weighted by Crippen LogP contribution is 2.37. The predicted molar refractivity (Wildman–Crippen MR) is 133 cm³/mol. The molecule has 2 aromatic heterocycles. The van der Waals surface area contributed by atoms with Gasteiger partial charge in [-0.1, -0.05) is 30.3 Å². The maximum atomic E-state index is 12.8.